The van der Waals surface area contributed by atoms with E-state index in [9.17, 15) is 13.2 Å². The van der Waals surface area contributed by atoms with Crippen LogP contribution < -0.4 is 14.5 Å². The summed E-state index contributed by atoms with van der Waals surface area (Å²) in [6.07, 6.45) is 1.51. The highest BCUT2D eigenvalue weighted by Gasteiger charge is 2.31. The standard InChI is InChI=1S/C21H29N3O3S/c1-5-20(24(28(4,26)27)19-13-11-17(2)12-14-19)21(25)22-15-16-23(3)18-9-7-6-8-10-18/h6-14,20H,5,15-16H2,1-4H3,(H,22,25)/t20-/m1/s1. The molecule has 152 valence electrons. The zero-order valence-corrected chi connectivity index (χ0v) is 17.7. The highest BCUT2D eigenvalue weighted by Crippen LogP contribution is 2.23. The Balaban J connectivity index is 2.08. The number of nitrogens with zero attached hydrogens (tertiary/aromatic N) is 2. The number of aryl methyl sites for hydroxylation is 1. The van der Waals surface area contributed by atoms with Gasteiger partial charge in [0, 0.05) is 25.8 Å². The highest BCUT2D eigenvalue weighted by atomic mass is 32.2. The van der Waals surface area contributed by atoms with Crippen LogP contribution in [0.25, 0.3) is 0 Å². The van der Waals surface area contributed by atoms with Gasteiger partial charge in [0.15, 0.2) is 0 Å². The second-order valence-electron chi connectivity index (χ2n) is 6.87. The van der Waals surface area contributed by atoms with Crippen molar-refractivity contribution in [2.24, 2.45) is 0 Å². The molecule has 2 rings (SSSR count). The zero-order chi connectivity index (χ0) is 20.7. The van der Waals surface area contributed by atoms with Crippen molar-refractivity contribution < 1.29 is 13.2 Å². The van der Waals surface area contributed by atoms with Gasteiger partial charge in [-0.3, -0.25) is 9.10 Å². The fourth-order valence-electron chi connectivity index (χ4n) is 3.03. The first-order chi connectivity index (χ1) is 13.2. The number of sulfonamides is 1. The molecule has 1 atom stereocenters. The molecular formula is C21H29N3O3S. The average Bonchev–Trinajstić information content (AvgIpc) is 2.66. The minimum Gasteiger partial charge on any atom is -0.373 e. The number of benzene rings is 2. The molecule has 0 heterocycles. The third-order valence-corrected chi connectivity index (χ3v) is 5.74. The first-order valence-electron chi connectivity index (χ1n) is 9.34. The summed E-state index contributed by atoms with van der Waals surface area (Å²) in [6.45, 7) is 4.79. The third-order valence-electron chi connectivity index (χ3n) is 4.56. The number of rotatable bonds is 9. The summed E-state index contributed by atoms with van der Waals surface area (Å²) < 4.78 is 26.1. The van der Waals surface area contributed by atoms with Crippen LogP contribution in [0.15, 0.2) is 54.6 Å². The molecule has 0 bridgehead atoms. The van der Waals surface area contributed by atoms with Gasteiger partial charge in [-0.15, -0.1) is 0 Å². The predicted octanol–water partition coefficient (Wildman–Crippen LogP) is 2.79. The summed E-state index contributed by atoms with van der Waals surface area (Å²) in [5.74, 6) is -0.296. The molecule has 0 saturated carbocycles. The molecule has 0 spiro atoms. The molecule has 0 radical (unpaired) electrons. The molecule has 2 aromatic carbocycles. The van der Waals surface area contributed by atoms with E-state index in [1.165, 1.54) is 4.31 Å². The molecule has 6 nitrogen and oxygen atoms in total. The highest BCUT2D eigenvalue weighted by molar-refractivity contribution is 7.92. The average molecular weight is 404 g/mol. The fraction of sp³-hybridized carbons (Fsp3) is 0.381. The quantitative estimate of drug-likeness (QED) is 0.699. The van der Waals surface area contributed by atoms with Crippen LogP contribution in [0.5, 0.6) is 0 Å². The number of amides is 1. The minimum atomic E-state index is -3.61. The molecular weight excluding hydrogens is 374 g/mol. The Kier molecular flexibility index (Phi) is 7.45. The molecule has 0 fully saturated rings. The van der Waals surface area contributed by atoms with Crippen molar-refractivity contribution >= 4 is 27.3 Å². The summed E-state index contributed by atoms with van der Waals surface area (Å²) >= 11 is 0. The van der Waals surface area contributed by atoms with E-state index < -0.39 is 16.1 Å². The Morgan fingerprint density at radius 3 is 2.18 bits per heavy atom. The summed E-state index contributed by atoms with van der Waals surface area (Å²) in [5.41, 5.74) is 2.58. The van der Waals surface area contributed by atoms with Gasteiger partial charge in [0.2, 0.25) is 15.9 Å². The number of anilines is 2. The number of likely N-dealkylation sites (N-methyl/N-ethyl adjacent to an activating group) is 1. The number of carbonyl (C=O) groups is 1. The molecule has 0 aliphatic heterocycles. The minimum absolute atomic E-state index is 0.296. The van der Waals surface area contributed by atoms with Crippen LogP contribution >= 0.6 is 0 Å². The van der Waals surface area contributed by atoms with Crippen molar-refractivity contribution in [2.75, 3.05) is 35.6 Å². The molecule has 0 aliphatic rings. The van der Waals surface area contributed by atoms with E-state index in [1.807, 2.05) is 68.3 Å². The Labute approximate surface area is 168 Å². The first-order valence-corrected chi connectivity index (χ1v) is 11.2. The molecule has 0 aliphatic carbocycles. The van der Waals surface area contributed by atoms with Gasteiger partial charge in [-0.2, -0.15) is 0 Å². The monoisotopic (exact) mass is 403 g/mol. The van der Waals surface area contributed by atoms with E-state index in [-0.39, 0.29) is 5.91 Å². The fourth-order valence-corrected chi connectivity index (χ4v) is 4.24. The molecule has 1 N–H and O–H groups in total. The van der Waals surface area contributed by atoms with Crippen LogP contribution in [-0.2, 0) is 14.8 Å². The SMILES string of the molecule is CC[C@H](C(=O)NCCN(C)c1ccccc1)N(c1ccc(C)cc1)S(C)(=O)=O. The van der Waals surface area contributed by atoms with Crippen LogP contribution in [-0.4, -0.2) is 46.8 Å². The van der Waals surface area contributed by atoms with Crippen LogP contribution in [0.2, 0.25) is 0 Å². The van der Waals surface area contributed by atoms with Crippen molar-refractivity contribution in [2.45, 2.75) is 26.3 Å². The molecule has 0 saturated heterocycles. The summed E-state index contributed by atoms with van der Waals surface area (Å²) in [6, 6.07) is 16.2. The lowest BCUT2D eigenvalue weighted by Gasteiger charge is -2.30. The van der Waals surface area contributed by atoms with Crippen LogP contribution in [0.3, 0.4) is 0 Å². The lowest BCUT2D eigenvalue weighted by Crippen LogP contribution is -2.50. The van der Waals surface area contributed by atoms with Crippen molar-refractivity contribution in [1.82, 2.24) is 5.32 Å². The van der Waals surface area contributed by atoms with Gasteiger partial charge in [-0.25, -0.2) is 8.42 Å². The largest absolute Gasteiger partial charge is 0.373 e. The second-order valence-corrected chi connectivity index (χ2v) is 8.73. The van der Waals surface area contributed by atoms with Gasteiger partial charge in [0.05, 0.1) is 11.9 Å². The number of nitrogens with one attached hydrogen (secondary N) is 1. The topological polar surface area (TPSA) is 69.7 Å². The Hall–Kier alpha value is -2.54. The number of para-hydroxylation sites is 1. The van der Waals surface area contributed by atoms with E-state index in [2.05, 4.69) is 5.32 Å². The number of hydrogen-bond donors (Lipinski definition) is 1. The molecule has 28 heavy (non-hydrogen) atoms. The molecule has 0 aromatic heterocycles. The summed E-state index contributed by atoms with van der Waals surface area (Å²) in [4.78, 5) is 14.8. The number of hydrogen-bond acceptors (Lipinski definition) is 4. The predicted molar refractivity (Wildman–Crippen MR) is 115 cm³/mol. The van der Waals surface area contributed by atoms with E-state index in [0.29, 0.717) is 25.2 Å². The van der Waals surface area contributed by atoms with Crippen LogP contribution in [0.4, 0.5) is 11.4 Å². The summed E-state index contributed by atoms with van der Waals surface area (Å²) in [5, 5.41) is 2.88. The Morgan fingerprint density at radius 1 is 1.04 bits per heavy atom. The van der Waals surface area contributed by atoms with Gasteiger partial charge < -0.3 is 10.2 Å². The lowest BCUT2D eigenvalue weighted by molar-refractivity contribution is -0.122. The maximum atomic E-state index is 12.8. The van der Waals surface area contributed by atoms with Crippen molar-refractivity contribution in [1.29, 1.82) is 0 Å². The maximum Gasteiger partial charge on any atom is 0.243 e. The van der Waals surface area contributed by atoms with E-state index in [1.54, 1.807) is 12.1 Å². The van der Waals surface area contributed by atoms with E-state index >= 15 is 0 Å². The van der Waals surface area contributed by atoms with Crippen LogP contribution in [0.1, 0.15) is 18.9 Å². The third kappa shape index (κ3) is 5.73. The van der Waals surface area contributed by atoms with Gasteiger partial charge in [-0.05, 0) is 37.6 Å². The number of carbonyl (C=O) groups excluding carboxylic acids is 1. The molecule has 1 amide bonds. The smallest absolute Gasteiger partial charge is 0.243 e. The summed E-state index contributed by atoms with van der Waals surface area (Å²) in [7, 11) is -1.66. The van der Waals surface area contributed by atoms with Gasteiger partial charge >= 0.3 is 0 Å². The molecule has 0 unspecified atom stereocenters. The van der Waals surface area contributed by atoms with E-state index in [4.69, 9.17) is 0 Å². The zero-order valence-electron chi connectivity index (χ0n) is 16.9. The van der Waals surface area contributed by atoms with E-state index in [0.717, 1.165) is 17.5 Å². The molecule has 2 aromatic rings. The first kappa shape index (κ1) is 21.8. The van der Waals surface area contributed by atoms with Gasteiger partial charge in [0.1, 0.15) is 6.04 Å². The van der Waals surface area contributed by atoms with Crippen molar-refractivity contribution in [3.05, 3.63) is 60.2 Å². The second kappa shape index (κ2) is 9.59. The maximum absolute atomic E-state index is 12.8. The molecule has 7 heteroatoms. The Morgan fingerprint density at radius 2 is 1.64 bits per heavy atom. The van der Waals surface area contributed by atoms with Gasteiger partial charge in [-0.1, -0.05) is 42.8 Å². The normalized spacial score (nSPS) is 12.3. The van der Waals surface area contributed by atoms with Gasteiger partial charge in [0.25, 0.3) is 0 Å². The lowest BCUT2D eigenvalue weighted by atomic mass is 10.1. The Bertz CT molecular complexity index is 868. The van der Waals surface area contributed by atoms with Crippen molar-refractivity contribution in [3.63, 3.8) is 0 Å². The van der Waals surface area contributed by atoms with Crippen molar-refractivity contribution in [3.8, 4) is 0 Å². The van der Waals surface area contributed by atoms with Crippen LogP contribution in [0, 0.1) is 6.92 Å².